The third kappa shape index (κ3) is 2.34. The van der Waals surface area contributed by atoms with Crippen LogP contribution in [-0.4, -0.2) is 26.8 Å². The molecule has 0 saturated heterocycles. The Morgan fingerprint density at radius 3 is 2.07 bits per heavy atom. The maximum Gasteiger partial charge on any atom is 0.242 e. The van der Waals surface area contributed by atoms with E-state index in [0.29, 0.717) is 4.90 Å². The largest absolute Gasteiger partial charge is 0.242 e. The van der Waals surface area contributed by atoms with Gasteiger partial charge in [0.15, 0.2) is 0 Å². The van der Waals surface area contributed by atoms with E-state index >= 15 is 0 Å². The molecule has 3 nitrogen and oxygen atoms in total. The van der Waals surface area contributed by atoms with Gasteiger partial charge in [0.2, 0.25) is 10.0 Å². The van der Waals surface area contributed by atoms with Gasteiger partial charge in [0.25, 0.3) is 0 Å². The van der Waals surface area contributed by atoms with Crippen LogP contribution in [0.3, 0.4) is 0 Å². The van der Waals surface area contributed by atoms with Crippen molar-refractivity contribution in [3.05, 3.63) is 29.8 Å². The Balaban J connectivity index is 3.10. The fourth-order valence-electron chi connectivity index (χ4n) is 0.961. The fourth-order valence-corrected chi connectivity index (χ4v) is 2.24. The molecule has 1 aromatic carbocycles. The summed E-state index contributed by atoms with van der Waals surface area (Å²) in [5.74, 6) is 0. The van der Waals surface area contributed by atoms with E-state index < -0.39 is 10.0 Å². The monoisotopic (exact) mass is 277 g/mol. The number of nitrogens with zero attached hydrogens (tertiary/aromatic N) is 1. The molecule has 5 heteroatoms. The van der Waals surface area contributed by atoms with Gasteiger partial charge >= 0.3 is 0 Å². The molecule has 0 saturated carbocycles. The molecule has 0 fully saturated rings. The summed E-state index contributed by atoms with van der Waals surface area (Å²) in [6, 6.07) is 6.83. The minimum absolute atomic E-state index is 0.326. The standard InChI is InChI=1S/C9H12BrNO2S/c1-11(2)14(12,13)9-5-3-8(7-10)4-6-9/h3-6H,7H2,1-2H3. The predicted molar refractivity (Wildman–Crippen MR) is 59.9 cm³/mol. The molecule has 0 aromatic heterocycles. The number of benzene rings is 1. The van der Waals surface area contributed by atoms with Crippen LogP contribution in [0.5, 0.6) is 0 Å². The van der Waals surface area contributed by atoms with E-state index in [9.17, 15) is 8.42 Å². The third-order valence-corrected chi connectivity index (χ3v) is 4.33. The molecular formula is C9H12BrNO2S. The lowest BCUT2D eigenvalue weighted by Gasteiger charge is -2.11. The highest BCUT2D eigenvalue weighted by molar-refractivity contribution is 9.08. The van der Waals surface area contributed by atoms with Crippen LogP contribution in [0.15, 0.2) is 29.2 Å². The molecule has 0 aliphatic rings. The molecule has 0 N–H and O–H groups in total. The zero-order chi connectivity index (χ0) is 10.8. The molecule has 0 bridgehead atoms. The van der Waals surface area contributed by atoms with Crippen LogP contribution in [0.25, 0.3) is 0 Å². The number of sulfonamides is 1. The Morgan fingerprint density at radius 1 is 1.21 bits per heavy atom. The average Bonchev–Trinajstić information content (AvgIpc) is 2.17. The van der Waals surface area contributed by atoms with Gasteiger partial charge in [-0.05, 0) is 17.7 Å². The minimum Gasteiger partial charge on any atom is -0.207 e. The molecule has 0 radical (unpaired) electrons. The highest BCUT2D eigenvalue weighted by Crippen LogP contribution is 2.15. The lowest BCUT2D eigenvalue weighted by Crippen LogP contribution is -2.22. The van der Waals surface area contributed by atoms with E-state index in [4.69, 9.17) is 0 Å². The molecule has 78 valence electrons. The molecule has 0 aliphatic heterocycles. The molecule has 0 spiro atoms. The summed E-state index contributed by atoms with van der Waals surface area (Å²) in [5, 5.41) is 0.731. The smallest absolute Gasteiger partial charge is 0.207 e. The molecule has 0 amide bonds. The average molecular weight is 278 g/mol. The van der Waals surface area contributed by atoms with Crippen LogP contribution in [0, 0.1) is 0 Å². The van der Waals surface area contributed by atoms with Crippen LogP contribution in [0.4, 0.5) is 0 Å². The molecule has 1 rings (SSSR count). The summed E-state index contributed by atoms with van der Waals surface area (Å²) in [4.78, 5) is 0.326. The SMILES string of the molecule is CN(C)S(=O)(=O)c1ccc(CBr)cc1. The van der Waals surface area contributed by atoms with Gasteiger partial charge in [0.05, 0.1) is 4.90 Å². The predicted octanol–water partition coefficient (Wildman–Crippen LogP) is 1.83. The van der Waals surface area contributed by atoms with Gasteiger partial charge in [-0.15, -0.1) is 0 Å². The van der Waals surface area contributed by atoms with Gasteiger partial charge < -0.3 is 0 Å². The molecular weight excluding hydrogens is 266 g/mol. The van der Waals surface area contributed by atoms with Gasteiger partial charge in [-0.1, -0.05) is 28.1 Å². The molecule has 14 heavy (non-hydrogen) atoms. The Hall–Kier alpha value is -0.390. The molecule has 0 heterocycles. The van der Waals surface area contributed by atoms with Gasteiger partial charge in [0.1, 0.15) is 0 Å². The summed E-state index contributed by atoms with van der Waals surface area (Å²) in [6.07, 6.45) is 0. The normalized spacial score (nSPS) is 12.0. The van der Waals surface area contributed by atoms with Gasteiger partial charge in [0, 0.05) is 19.4 Å². The van der Waals surface area contributed by atoms with Crippen LogP contribution in [0.1, 0.15) is 5.56 Å². The van der Waals surface area contributed by atoms with Crippen molar-refractivity contribution in [2.24, 2.45) is 0 Å². The Morgan fingerprint density at radius 2 is 1.71 bits per heavy atom. The summed E-state index contributed by atoms with van der Waals surface area (Å²) in [6.45, 7) is 0. The first-order valence-corrected chi connectivity index (χ1v) is 6.62. The van der Waals surface area contributed by atoms with Crippen molar-refractivity contribution in [1.82, 2.24) is 4.31 Å². The third-order valence-electron chi connectivity index (χ3n) is 1.86. The van der Waals surface area contributed by atoms with Crippen LogP contribution < -0.4 is 0 Å². The summed E-state index contributed by atoms with van der Waals surface area (Å²) in [5.41, 5.74) is 1.06. The fraction of sp³-hybridized carbons (Fsp3) is 0.333. The number of hydrogen-bond acceptors (Lipinski definition) is 2. The van der Waals surface area contributed by atoms with Crippen LogP contribution in [-0.2, 0) is 15.4 Å². The quantitative estimate of drug-likeness (QED) is 0.791. The zero-order valence-electron chi connectivity index (χ0n) is 8.07. The number of rotatable bonds is 3. The van der Waals surface area contributed by atoms with Crippen molar-refractivity contribution >= 4 is 26.0 Å². The maximum atomic E-state index is 11.6. The van der Waals surface area contributed by atoms with E-state index in [1.54, 1.807) is 24.3 Å². The second-order valence-electron chi connectivity index (χ2n) is 3.07. The summed E-state index contributed by atoms with van der Waals surface area (Å²) in [7, 11) is -0.241. The van der Waals surface area contributed by atoms with Gasteiger partial charge in [-0.3, -0.25) is 0 Å². The topological polar surface area (TPSA) is 37.4 Å². The van der Waals surface area contributed by atoms with Gasteiger partial charge in [-0.25, -0.2) is 12.7 Å². The Kier molecular flexibility index (Phi) is 3.69. The van der Waals surface area contributed by atoms with Crippen LogP contribution in [0.2, 0.25) is 0 Å². The Labute approximate surface area is 92.9 Å². The highest BCUT2D eigenvalue weighted by Gasteiger charge is 2.16. The number of halogens is 1. The molecule has 0 aliphatic carbocycles. The lowest BCUT2D eigenvalue weighted by molar-refractivity contribution is 0.521. The molecule has 0 atom stereocenters. The van der Waals surface area contributed by atoms with Crippen molar-refractivity contribution < 1.29 is 8.42 Å². The summed E-state index contributed by atoms with van der Waals surface area (Å²) < 4.78 is 24.5. The molecule has 1 aromatic rings. The van der Waals surface area contributed by atoms with E-state index in [0.717, 1.165) is 10.9 Å². The number of hydrogen-bond donors (Lipinski definition) is 0. The first-order chi connectivity index (χ1) is 6.48. The first-order valence-electron chi connectivity index (χ1n) is 4.06. The number of alkyl halides is 1. The highest BCUT2D eigenvalue weighted by atomic mass is 79.9. The van der Waals surface area contributed by atoms with Crippen molar-refractivity contribution in [3.8, 4) is 0 Å². The van der Waals surface area contributed by atoms with E-state index in [1.165, 1.54) is 18.4 Å². The maximum absolute atomic E-state index is 11.6. The van der Waals surface area contributed by atoms with Crippen molar-refractivity contribution in [1.29, 1.82) is 0 Å². The second-order valence-corrected chi connectivity index (χ2v) is 5.78. The first kappa shape index (κ1) is 11.7. The zero-order valence-corrected chi connectivity index (χ0v) is 10.5. The lowest BCUT2D eigenvalue weighted by atomic mass is 10.2. The minimum atomic E-state index is -3.28. The van der Waals surface area contributed by atoms with Crippen LogP contribution >= 0.6 is 15.9 Å². The molecule has 0 unspecified atom stereocenters. The van der Waals surface area contributed by atoms with Crippen molar-refractivity contribution in [2.45, 2.75) is 10.2 Å². The Bertz CT molecular complexity index is 397. The van der Waals surface area contributed by atoms with Crippen molar-refractivity contribution in [3.63, 3.8) is 0 Å². The van der Waals surface area contributed by atoms with E-state index in [-0.39, 0.29) is 0 Å². The van der Waals surface area contributed by atoms with E-state index in [2.05, 4.69) is 15.9 Å². The summed E-state index contributed by atoms with van der Waals surface area (Å²) >= 11 is 3.30. The van der Waals surface area contributed by atoms with Crippen molar-refractivity contribution in [2.75, 3.05) is 14.1 Å². The van der Waals surface area contributed by atoms with Gasteiger partial charge in [-0.2, -0.15) is 0 Å². The van der Waals surface area contributed by atoms with E-state index in [1.807, 2.05) is 0 Å². The second kappa shape index (κ2) is 4.42.